The van der Waals surface area contributed by atoms with Gasteiger partial charge in [-0.2, -0.15) is 5.10 Å². The van der Waals surface area contributed by atoms with Gasteiger partial charge in [-0.25, -0.2) is 9.67 Å². The number of benzene rings is 2. The maximum Gasteiger partial charge on any atom is 0.254 e. The van der Waals surface area contributed by atoms with E-state index in [1.54, 1.807) is 0 Å². The Morgan fingerprint density at radius 1 is 0.931 bits per heavy atom. The van der Waals surface area contributed by atoms with Crippen molar-refractivity contribution in [3.05, 3.63) is 82.4 Å². The first-order chi connectivity index (χ1) is 14.2. The first-order valence-corrected chi connectivity index (χ1v) is 10.1. The van der Waals surface area contributed by atoms with Crippen molar-refractivity contribution in [2.24, 2.45) is 0 Å². The van der Waals surface area contributed by atoms with E-state index in [4.69, 9.17) is 4.98 Å². The molecule has 0 unspecified atom stereocenters. The third kappa shape index (κ3) is 3.35. The molecule has 6 heteroatoms. The minimum Gasteiger partial charge on any atom is -0.336 e. The number of fused-ring (bicyclic) bond motifs is 2. The van der Waals surface area contributed by atoms with E-state index in [2.05, 4.69) is 17.2 Å². The molecule has 0 saturated heterocycles. The summed E-state index contributed by atoms with van der Waals surface area (Å²) in [5.74, 6) is 1.90. The average molecular weight is 386 g/mol. The standard InChI is InChI=1S/C23H22N4O2/c28-20-10-9-17-18(20)7-4-8-19(17)23(29)26-12-11-22-24-21(25-27(22)14-13-26)15-16-5-2-1-3-6-16/h1-8H,9-15H2. The van der Waals surface area contributed by atoms with Gasteiger partial charge in [0.2, 0.25) is 0 Å². The minimum absolute atomic E-state index is 0.00631. The fraction of sp³-hybridized carbons (Fsp3) is 0.304. The first-order valence-electron chi connectivity index (χ1n) is 10.1. The molecule has 5 rings (SSSR count). The van der Waals surface area contributed by atoms with Gasteiger partial charge in [0.1, 0.15) is 5.82 Å². The highest BCUT2D eigenvalue weighted by Crippen LogP contribution is 2.26. The van der Waals surface area contributed by atoms with Crippen molar-refractivity contribution in [1.82, 2.24) is 19.7 Å². The van der Waals surface area contributed by atoms with E-state index in [0.717, 1.165) is 17.2 Å². The normalized spacial score (nSPS) is 15.7. The summed E-state index contributed by atoms with van der Waals surface area (Å²) in [7, 11) is 0. The summed E-state index contributed by atoms with van der Waals surface area (Å²) in [5, 5.41) is 4.66. The molecule has 0 spiro atoms. The fourth-order valence-electron chi connectivity index (χ4n) is 4.27. The van der Waals surface area contributed by atoms with Crippen LogP contribution < -0.4 is 0 Å². The summed E-state index contributed by atoms with van der Waals surface area (Å²) < 4.78 is 1.94. The highest BCUT2D eigenvalue weighted by Gasteiger charge is 2.28. The zero-order chi connectivity index (χ0) is 19.8. The van der Waals surface area contributed by atoms with Crippen molar-refractivity contribution in [3.63, 3.8) is 0 Å². The van der Waals surface area contributed by atoms with Gasteiger partial charge in [0, 0.05) is 43.5 Å². The second-order valence-electron chi connectivity index (χ2n) is 7.63. The molecule has 2 aromatic carbocycles. The second-order valence-corrected chi connectivity index (χ2v) is 7.63. The third-order valence-electron chi connectivity index (χ3n) is 5.78. The van der Waals surface area contributed by atoms with Crippen molar-refractivity contribution < 1.29 is 9.59 Å². The van der Waals surface area contributed by atoms with Crippen molar-refractivity contribution in [2.75, 3.05) is 13.1 Å². The lowest BCUT2D eigenvalue weighted by Gasteiger charge is -2.21. The Bertz CT molecular complexity index is 1060. The molecule has 1 amide bonds. The lowest BCUT2D eigenvalue weighted by molar-refractivity contribution is 0.0757. The molecule has 0 atom stereocenters. The molecule has 2 aliphatic rings. The van der Waals surface area contributed by atoms with Crippen LogP contribution in [0, 0.1) is 0 Å². The van der Waals surface area contributed by atoms with Crippen molar-refractivity contribution in [2.45, 2.75) is 32.2 Å². The Hall–Kier alpha value is -3.28. The molecule has 29 heavy (non-hydrogen) atoms. The van der Waals surface area contributed by atoms with E-state index in [1.807, 2.05) is 46.0 Å². The maximum absolute atomic E-state index is 13.2. The largest absolute Gasteiger partial charge is 0.336 e. The van der Waals surface area contributed by atoms with E-state index in [9.17, 15) is 9.59 Å². The van der Waals surface area contributed by atoms with E-state index in [-0.39, 0.29) is 11.7 Å². The van der Waals surface area contributed by atoms with Crippen LogP contribution in [0.4, 0.5) is 0 Å². The minimum atomic E-state index is 0.00631. The molecule has 0 saturated carbocycles. The average Bonchev–Trinajstić information content (AvgIpc) is 3.25. The van der Waals surface area contributed by atoms with Crippen LogP contribution in [0.5, 0.6) is 0 Å². The van der Waals surface area contributed by atoms with Gasteiger partial charge in [0.15, 0.2) is 11.6 Å². The van der Waals surface area contributed by atoms with E-state index in [1.165, 1.54) is 5.56 Å². The molecule has 0 radical (unpaired) electrons. The number of aromatic nitrogens is 3. The number of carbonyl (C=O) groups excluding carboxylic acids is 2. The monoisotopic (exact) mass is 386 g/mol. The zero-order valence-corrected chi connectivity index (χ0v) is 16.2. The third-order valence-corrected chi connectivity index (χ3v) is 5.78. The number of ketones is 1. The Kier molecular flexibility index (Phi) is 4.46. The van der Waals surface area contributed by atoms with Crippen LogP contribution >= 0.6 is 0 Å². The number of Topliss-reactive ketones (excluding diaryl/α,β-unsaturated/α-hetero) is 1. The van der Waals surface area contributed by atoms with Crippen LogP contribution in [0.15, 0.2) is 48.5 Å². The van der Waals surface area contributed by atoms with Crippen LogP contribution in [0.3, 0.4) is 0 Å². The molecule has 1 aromatic heterocycles. The second kappa shape index (κ2) is 7.28. The quantitative estimate of drug-likeness (QED) is 0.694. The van der Waals surface area contributed by atoms with E-state index < -0.39 is 0 Å². The van der Waals surface area contributed by atoms with Gasteiger partial charge in [-0.15, -0.1) is 0 Å². The summed E-state index contributed by atoms with van der Waals surface area (Å²) in [4.78, 5) is 31.7. The summed E-state index contributed by atoms with van der Waals surface area (Å²) in [5.41, 5.74) is 3.49. The zero-order valence-electron chi connectivity index (χ0n) is 16.2. The highest BCUT2D eigenvalue weighted by atomic mass is 16.2. The van der Waals surface area contributed by atoms with Gasteiger partial charge in [0.25, 0.3) is 5.91 Å². The van der Waals surface area contributed by atoms with Crippen molar-refractivity contribution in [3.8, 4) is 0 Å². The van der Waals surface area contributed by atoms with Crippen molar-refractivity contribution in [1.29, 1.82) is 0 Å². The SMILES string of the molecule is O=C1CCc2c1cccc2C(=O)N1CCc2nc(Cc3ccccc3)nn2CC1. The molecule has 6 nitrogen and oxygen atoms in total. The Morgan fingerprint density at radius 2 is 1.79 bits per heavy atom. The molecule has 0 bridgehead atoms. The molecular weight excluding hydrogens is 364 g/mol. The van der Waals surface area contributed by atoms with Crippen LogP contribution in [0.25, 0.3) is 0 Å². The van der Waals surface area contributed by atoms with Gasteiger partial charge in [-0.3, -0.25) is 9.59 Å². The molecule has 146 valence electrons. The number of hydrogen-bond acceptors (Lipinski definition) is 4. The number of amides is 1. The first kappa shape index (κ1) is 17.8. The van der Waals surface area contributed by atoms with Crippen LogP contribution in [-0.2, 0) is 25.8 Å². The molecule has 3 aromatic rings. The van der Waals surface area contributed by atoms with Crippen LogP contribution in [0.1, 0.15) is 49.9 Å². The Balaban J connectivity index is 1.31. The molecular formula is C23H22N4O2. The van der Waals surface area contributed by atoms with Gasteiger partial charge < -0.3 is 4.90 Å². The predicted octanol–water partition coefficient (Wildman–Crippen LogP) is 2.70. The number of rotatable bonds is 3. The molecule has 0 N–H and O–H groups in total. The van der Waals surface area contributed by atoms with Crippen LogP contribution in [0.2, 0.25) is 0 Å². The number of nitrogens with zero attached hydrogens (tertiary/aromatic N) is 4. The van der Waals surface area contributed by atoms with Gasteiger partial charge in [-0.05, 0) is 23.6 Å². The Morgan fingerprint density at radius 3 is 2.66 bits per heavy atom. The smallest absolute Gasteiger partial charge is 0.254 e. The summed E-state index contributed by atoms with van der Waals surface area (Å²) in [6.07, 6.45) is 2.56. The Labute approximate surface area is 169 Å². The molecule has 2 heterocycles. The summed E-state index contributed by atoms with van der Waals surface area (Å²) in [6, 6.07) is 15.7. The molecule has 1 aliphatic heterocycles. The van der Waals surface area contributed by atoms with E-state index in [0.29, 0.717) is 56.4 Å². The topological polar surface area (TPSA) is 68.1 Å². The predicted molar refractivity (Wildman–Crippen MR) is 108 cm³/mol. The van der Waals surface area contributed by atoms with E-state index >= 15 is 0 Å². The van der Waals surface area contributed by atoms with Crippen molar-refractivity contribution >= 4 is 11.7 Å². The molecule has 1 aliphatic carbocycles. The lowest BCUT2D eigenvalue weighted by atomic mass is 10.0. The maximum atomic E-state index is 13.2. The number of hydrogen-bond donors (Lipinski definition) is 0. The van der Waals surface area contributed by atoms with Gasteiger partial charge >= 0.3 is 0 Å². The fourth-order valence-corrected chi connectivity index (χ4v) is 4.27. The summed E-state index contributed by atoms with van der Waals surface area (Å²) >= 11 is 0. The van der Waals surface area contributed by atoms with Crippen LogP contribution in [-0.4, -0.2) is 44.4 Å². The summed E-state index contributed by atoms with van der Waals surface area (Å²) in [6.45, 7) is 1.84. The number of carbonyl (C=O) groups is 2. The van der Waals surface area contributed by atoms with Gasteiger partial charge in [0.05, 0.1) is 6.54 Å². The lowest BCUT2D eigenvalue weighted by Crippen LogP contribution is -2.34. The molecule has 0 fully saturated rings. The van der Waals surface area contributed by atoms with Gasteiger partial charge in [-0.1, -0.05) is 42.5 Å². The highest BCUT2D eigenvalue weighted by molar-refractivity contribution is 6.05.